The standard InChI is InChI=1S/C15H16BrNO2S/c16-13-7-11(15(17-10-18)5-1-2-6-15)3-4-14(13)20-12-8-19-9-12/h3-4,7,12H,1-2,5-6,8-9H2. The minimum Gasteiger partial charge on any atom is -0.379 e. The highest BCUT2D eigenvalue weighted by Gasteiger charge is 2.36. The molecule has 0 N–H and O–H groups in total. The molecule has 3 rings (SSSR count). The van der Waals surface area contributed by atoms with E-state index in [4.69, 9.17) is 4.74 Å². The average Bonchev–Trinajstić information content (AvgIpc) is 2.85. The van der Waals surface area contributed by atoms with E-state index in [1.165, 1.54) is 4.90 Å². The number of aliphatic imine (C=N–C) groups is 1. The van der Waals surface area contributed by atoms with E-state index in [1.807, 2.05) is 11.8 Å². The van der Waals surface area contributed by atoms with Gasteiger partial charge in [-0.1, -0.05) is 18.9 Å². The van der Waals surface area contributed by atoms with Crippen molar-refractivity contribution in [3.63, 3.8) is 0 Å². The molecule has 0 radical (unpaired) electrons. The first kappa shape index (κ1) is 14.3. The summed E-state index contributed by atoms with van der Waals surface area (Å²) < 4.78 is 6.29. The molecule has 0 aromatic heterocycles. The van der Waals surface area contributed by atoms with E-state index < -0.39 is 0 Å². The second-order valence-electron chi connectivity index (χ2n) is 5.36. The van der Waals surface area contributed by atoms with Crippen LogP contribution >= 0.6 is 27.7 Å². The van der Waals surface area contributed by atoms with Crippen LogP contribution in [0.1, 0.15) is 31.2 Å². The van der Waals surface area contributed by atoms with Gasteiger partial charge in [0.1, 0.15) is 0 Å². The molecule has 1 saturated carbocycles. The van der Waals surface area contributed by atoms with Gasteiger partial charge in [0.15, 0.2) is 0 Å². The first-order chi connectivity index (χ1) is 9.73. The molecule has 1 aromatic carbocycles. The van der Waals surface area contributed by atoms with Crippen LogP contribution < -0.4 is 0 Å². The van der Waals surface area contributed by atoms with Crippen LogP contribution in [0.5, 0.6) is 0 Å². The first-order valence-corrected chi connectivity index (χ1v) is 8.54. The predicted molar refractivity (Wildman–Crippen MR) is 82.9 cm³/mol. The topological polar surface area (TPSA) is 38.7 Å². The lowest BCUT2D eigenvalue weighted by atomic mass is 9.89. The number of thioether (sulfide) groups is 1. The molecular weight excluding hydrogens is 338 g/mol. The highest BCUT2D eigenvalue weighted by atomic mass is 79.9. The number of benzene rings is 1. The molecule has 20 heavy (non-hydrogen) atoms. The molecule has 1 heterocycles. The maximum absolute atomic E-state index is 10.8. The number of hydrogen-bond acceptors (Lipinski definition) is 4. The third-order valence-corrected chi connectivity index (χ3v) is 6.19. The smallest absolute Gasteiger partial charge is 0.235 e. The number of nitrogens with zero attached hydrogens (tertiary/aromatic N) is 1. The summed E-state index contributed by atoms with van der Waals surface area (Å²) in [5.74, 6) is 0. The molecule has 0 spiro atoms. The van der Waals surface area contributed by atoms with Gasteiger partial charge in [0.2, 0.25) is 6.08 Å². The fourth-order valence-electron chi connectivity index (χ4n) is 2.86. The molecule has 0 bridgehead atoms. The van der Waals surface area contributed by atoms with Gasteiger partial charge in [0, 0.05) is 9.37 Å². The Kier molecular flexibility index (Phi) is 4.32. The third kappa shape index (κ3) is 2.73. The fraction of sp³-hybridized carbons (Fsp3) is 0.533. The Morgan fingerprint density at radius 1 is 1.35 bits per heavy atom. The molecule has 0 atom stereocenters. The van der Waals surface area contributed by atoms with Gasteiger partial charge in [0.05, 0.1) is 24.0 Å². The Hall–Kier alpha value is -0.610. The maximum atomic E-state index is 10.8. The third-order valence-electron chi connectivity index (χ3n) is 4.06. The zero-order valence-electron chi connectivity index (χ0n) is 11.1. The minimum absolute atomic E-state index is 0.340. The Morgan fingerprint density at radius 3 is 2.65 bits per heavy atom. The number of isocyanates is 1. The molecule has 1 aromatic rings. The van der Waals surface area contributed by atoms with Crippen molar-refractivity contribution in [2.24, 2.45) is 4.99 Å². The van der Waals surface area contributed by atoms with Gasteiger partial charge in [-0.3, -0.25) is 0 Å². The molecular formula is C15H16BrNO2S. The number of hydrogen-bond donors (Lipinski definition) is 0. The Bertz CT molecular complexity index is 547. The van der Waals surface area contributed by atoms with Crippen LogP contribution in [0.3, 0.4) is 0 Å². The van der Waals surface area contributed by atoms with Crippen LogP contribution in [0, 0.1) is 0 Å². The number of halogens is 1. The lowest BCUT2D eigenvalue weighted by Crippen LogP contribution is -2.30. The van der Waals surface area contributed by atoms with Crippen LogP contribution in [-0.2, 0) is 15.1 Å². The summed E-state index contributed by atoms with van der Waals surface area (Å²) in [6.07, 6.45) is 5.90. The molecule has 1 saturated heterocycles. The van der Waals surface area contributed by atoms with Crippen molar-refractivity contribution in [1.82, 2.24) is 0 Å². The van der Waals surface area contributed by atoms with Crippen LogP contribution in [0.25, 0.3) is 0 Å². The lowest BCUT2D eigenvalue weighted by molar-refractivity contribution is 0.0455. The van der Waals surface area contributed by atoms with E-state index in [-0.39, 0.29) is 5.54 Å². The SMILES string of the molecule is O=C=NC1(c2ccc(SC3COC3)c(Br)c2)CCCC1. The summed E-state index contributed by atoms with van der Waals surface area (Å²) in [5.41, 5.74) is 0.784. The zero-order chi connectivity index (χ0) is 14.0. The highest BCUT2D eigenvalue weighted by molar-refractivity contribution is 9.10. The summed E-state index contributed by atoms with van der Waals surface area (Å²) >= 11 is 5.49. The molecule has 0 amide bonds. The number of carbonyl (C=O) groups excluding carboxylic acids is 1. The van der Waals surface area contributed by atoms with Gasteiger partial charge in [-0.15, -0.1) is 11.8 Å². The molecule has 1 aliphatic heterocycles. The van der Waals surface area contributed by atoms with Gasteiger partial charge >= 0.3 is 0 Å². The van der Waals surface area contributed by atoms with Gasteiger partial charge in [-0.05, 0) is 46.5 Å². The Labute approximate surface area is 131 Å². The van der Waals surface area contributed by atoms with Gasteiger partial charge in [-0.25, -0.2) is 4.79 Å². The predicted octanol–water partition coefficient (Wildman–Crippen LogP) is 4.05. The van der Waals surface area contributed by atoms with Crippen molar-refractivity contribution in [1.29, 1.82) is 0 Å². The molecule has 1 aliphatic carbocycles. The fourth-order valence-corrected chi connectivity index (χ4v) is 4.52. The van der Waals surface area contributed by atoms with E-state index in [2.05, 4.69) is 39.1 Å². The molecule has 106 valence electrons. The van der Waals surface area contributed by atoms with Crippen LogP contribution in [0.15, 0.2) is 32.6 Å². The molecule has 3 nitrogen and oxygen atoms in total. The monoisotopic (exact) mass is 353 g/mol. The highest BCUT2D eigenvalue weighted by Crippen LogP contribution is 2.44. The van der Waals surface area contributed by atoms with Crippen molar-refractivity contribution in [2.75, 3.05) is 13.2 Å². The van der Waals surface area contributed by atoms with Crippen LogP contribution in [0.4, 0.5) is 0 Å². The minimum atomic E-state index is -0.340. The van der Waals surface area contributed by atoms with E-state index >= 15 is 0 Å². The van der Waals surface area contributed by atoms with Crippen molar-refractivity contribution in [3.8, 4) is 0 Å². The van der Waals surface area contributed by atoms with E-state index in [0.717, 1.165) is 48.9 Å². The maximum Gasteiger partial charge on any atom is 0.235 e. The lowest BCUT2D eigenvalue weighted by Gasteiger charge is -2.27. The van der Waals surface area contributed by atoms with Crippen LogP contribution in [-0.4, -0.2) is 24.5 Å². The summed E-state index contributed by atoms with van der Waals surface area (Å²) in [6, 6.07) is 6.36. The van der Waals surface area contributed by atoms with E-state index in [9.17, 15) is 4.79 Å². The largest absolute Gasteiger partial charge is 0.379 e. The Morgan fingerprint density at radius 2 is 2.10 bits per heavy atom. The van der Waals surface area contributed by atoms with Crippen molar-refractivity contribution >= 4 is 33.8 Å². The zero-order valence-corrected chi connectivity index (χ0v) is 13.5. The second kappa shape index (κ2) is 6.02. The number of rotatable bonds is 4. The molecule has 2 aliphatic rings. The Balaban J connectivity index is 1.86. The number of ether oxygens (including phenoxy) is 1. The average molecular weight is 354 g/mol. The van der Waals surface area contributed by atoms with Gasteiger partial charge < -0.3 is 4.74 Å². The quantitative estimate of drug-likeness (QED) is 0.605. The summed E-state index contributed by atoms with van der Waals surface area (Å²) in [4.78, 5) is 16.1. The second-order valence-corrected chi connectivity index (χ2v) is 7.56. The van der Waals surface area contributed by atoms with Crippen LogP contribution in [0.2, 0.25) is 0 Å². The van der Waals surface area contributed by atoms with E-state index in [1.54, 1.807) is 6.08 Å². The molecule has 2 fully saturated rings. The van der Waals surface area contributed by atoms with Crippen molar-refractivity contribution in [3.05, 3.63) is 28.2 Å². The van der Waals surface area contributed by atoms with Gasteiger partial charge in [-0.2, -0.15) is 4.99 Å². The van der Waals surface area contributed by atoms with E-state index in [0.29, 0.717) is 5.25 Å². The van der Waals surface area contributed by atoms with Gasteiger partial charge in [0.25, 0.3) is 0 Å². The molecule has 0 unspecified atom stereocenters. The summed E-state index contributed by atoms with van der Waals surface area (Å²) in [7, 11) is 0. The van der Waals surface area contributed by atoms with Crippen molar-refractivity contribution < 1.29 is 9.53 Å². The molecule has 5 heteroatoms. The summed E-state index contributed by atoms with van der Waals surface area (Å²) in [5, 5.41) is 0.561. The van der Waals surface area contributed by atoms with Crippen molar-refractivity contribution in [2.45, 2.75) is 41.4 Å². The summed E-state index contributed by atoms with van der Waals surface area (Å²) in [6.45, 7) is 1.66. The first-order valence-electron chi connectivity index (χ1n) is 6.87. The normalized spacial score (nSPS) is 21.2.